The van der Waals surface area contributed by atoms with Gasteiger partial charge in [-0.15, -0.1) is 12.4 Å². The number of aryl methyl sites for hydroxylation is 3. The van der Waals surface area contributed by atoms with Gasteiger partial charge in [0.15, 0.2) is 5.13 Å². The zero-order chi connectivity index (χ0) is 20.4. The van der Waals surface area contributed by atoms with E-state index in [-0.39, 0.29) is 18.3 Å². The van der Waals surface area contributed by atoms with Crippen molar-refractivity contribution in [1.82, 2.24) is 9.88 Å². The zero-order valence-corrected chi connectivity index (χ0v) is 19.8. The molecule has 0 fully saturated rings. The number of carbonyl (C=O) groups excluding carboxylic acids is 1. The first-order valence-electron chi connectivity index (χ1n) is 9.32. The van der Waals surface area contributed by atoms with Gasteiger partial charge in [0, 0.05) is 18.1 Å². The Hall–Kier alpha value is -1.66. The molecule has 2 aromatic carbocycles. The summed E-state index contributed by atoms with van der Waals surface area (Å²) in [5.41, 5.74) is 5.35. The van der Waals surface area contributed by atoms with E-state index >= 15 is 0 Å². The van der Waals surface area contributed by atoms with Crippen molar-refractivity contribution >= 4 is 56.6 Å². The molecule has 156 valence electrons. The van der Waals surface area contributed by atoms with E-state index in [9.17, 15) is 4.79 Å². The number of nitrogens with zero attached hydrogens (tertiary/aromatic N) is 3. The quantitative estimate of drug-likeness (QED) is 0.500. The molecule has 1 amide bonds. The van der Waals surface area contributed by atoms with Crippen molar-refractivity contribution in [2.24, 2.45) is 0 Å². The lowest BCUT2D eigenvalue weighted by molar-refractivity contribution is -0.118. The van der Waals surface area contributed by atoms with Crippen LogP contribution in [0.1, 0.15) is 22.3 Å². The topological polar surface area (TPSA) is 36.4 Å². The van der Waals surface area contributed by atoms with Crippen LogP contribution in [0.25, 0.3) is 10.2 Å². The number of hydrogen-bond acceptors (Lipinski definition) is 4. The largest absolute Gasteiger partial charge is 0.308 e. The third-order valence-corrected chi connectivity index (χ3v) is 6.03. The molecule has 0 N–H and O–H groups in total. The van der Waals surface area contributed by atoms with Crippen LogP contribution >= 0.6 is 35.3 Å². The molecule has 1 heterocycles. The molecule has 0 saturated heterocycles. The molecule has 0 aliphatic carbocycles. The van der Waals surface area contributed by atoms with Crippen molar-refractivity contribution in [3.05, 3.63) is 57.6 Å². The highest BCUT2D eigenvalue weighted by Gasteiger charge is 2.21. The molecule has 7 heteroatoms. The fraction of sp³-hybridized carbons (Fsp3) is 0.364. The lowest BCUT2D eigenvalue weighted by Crippen LogP contribution is -2.37. The van der Waals surface area contributed by atoms with Gasteiger partial charge in [0.1, 0.15) is 0 Å². The summed E-state index contributed by atoms with van der Waals surface area (Å²) in [5.74, 6) is 0.0663. The minimum atomic E-state index is 0. The summed E-state index contributed by atoms with van der Waals surface area (Å²) >= 11 is 7.73. The molecule has 29 heavy (non-hydrogen) atoms. The maximum Gasteiger partial charge on any atom is 0.233 e. The molecule has 1 aromatic heterocycles. The average molecular weight is 452 g/mol. The number of aromatic nitrogens is 1. The summed E-state index contributed by atoms with van der Waals surface area (Å²) < 4.78 is 1.01. The van der Waals surface area contributed by atoms with Gasteiger partial charge in [0.05, 0.1) is 16.6 Å². The van der Waals surface area contributed by atoms with Crippen LogP contribution in [0.4, 0.5) is 5.13 Å². The molecular weight excluding hydrogens is 425 g/mol. The number of hydrogen-bond donors (Lipinski definition) is 0. The number of amides is 1. The second kappa shape index (κ2) is 9.90. The fourth-order valence-corrected chi connectivity index (χ4v) is 4.65. The number of fused-ring (bicyclic) bond motifs is 1. The van der Waals surface area contributed by atoms with E-state index < -0.39 is 0 Å². The van der Waals surface area contributed by atoms with Gasteiger partial charge in [0.25, 0.3) is 0 Å². The van der Waals surface area contributed by atoms with Crippen LogP contribution in [-0.4, -0.2) is 43.0 Å². The minimum Gasteiger partial charge on any atom is -0.308 e. The summed E-state index contributed by atoms with van der Waals surface area (Å²) in [6.45, 7) is 7.50. The van der Waals surface area contributed by atoms with Crippen molar-refractivity contribution in [3.8, 4) is 0 Å². The molecule has 4 nitrogen and oxygen atoms in total. The van der Waals surface area contributed by atoms with Gasteiger partial charge < -0.3 is 4.90 Å². The minimum absolute atomic E-state index is 0. The Morgan fingerprint density at radius 3 is 2.45 bits per heavy atom. The van der Waals surface area contributed by atoms with Gasteiger partial charge in [-0.3, -0.25) is 9.69 Å². The summed E-state index contributed by atoms with van der Waals surface area (Å²) in [4.78, 5) is 21.9. The Balaban J connectivity index is 0.00000300. The lowest BCUT2D eigenvalue weighted by Gasteiger charge is -2.22. The Labute approximate surface area is 187 Å². The number of likely N-dealkylation sites (N-methyl/N-ethyl adjacent to an activating group) is 1. The number of rotatable bonds is 6. The van der Waals surface area contributed by atoms with Crippen LogP contribution in [0.5, 0.6) is 0 Å². The van der Waals surface area contributed by atoms with Crippen LogP contribution in [-0.2, 0) is 11.2 Å². The average Bonchev–Trinajstić information content (AvgIpc) is 3.01. The number of thiazole rings is 1. The van der Waals surface area contributed by atoms with Gasteiger partial charge >= 0.3 is 0 Å². The molecule has 0 radical (unpaired) electrons. The van der Waals surface area contributed by atoms with Crippen molar-refractivity contribution in [2.45, 2.75) is 27.2 Å². The summed E-state index contributed by atoms with van der Waals surface area (Å²) in [5, 5.41) is 1.43. The summed E-state index contributed by atoms with van der Waals surface area (Å²) in [7, 11) is 4.02. The van der Waals surface area contributed by atoms with Gasteiger partial charge in [-0.05, 0) is 63.7 Å². The van der Waals surface area contributed by atoms with E-state index in [4.69, 9.17) is 16.6 Å². The second-order valence-corrected chi connectivity index (χ2v) is 8.97. The smallest absolute Gasteiger partial charge is 0.233 e. The number of carbonyl (C=O) groups is 1. The van der Waals surface area contributed by atoms with Gasteiger partial charge in [-0.1, -0.05) is 46.7 Å². The first-order chi connectivity index (χ1) is 13.2. The van der Waals surface area contributed by atoms with Crippen molar-refractivity contribution in [2.75, 3.05) is 32.1 Å². The first kappa shape index (κ1) is 23.6. The van der Waals surface area contributed by atoms with E-state index in [1.165, 1.54) is 16.9 Å². The third kappa shape index (κ3) is 5.70. The number of anilines is 1. The Kier molecular flexibility index (Phi) is 8.06. The predicted molar refractivity (Wildman–Crippen MR) is 127 cm³/mol. The molecule has 0 spiro atoms. The highest BCUT2D eigenvalue weighted by Crippen LogP contribution is 2.33. The van der Waals surface area contributed by atoms with Crippen LogP contribution in [0.3, 0.4) is 0 Å². The van der Waals surface area contributed by atoms with Crippen molar-refractivity contribution in [3.63, 3.8) is 0 Å². The van der Waals surface area contributed by atoms with E-state index in [0.29, 0.717) is 18.0 Å². The molecule has 0 atom stereocenters. The number of halogens is 2. The predicted octanol–water partition coefficient (Wildman–Crippen LogP) is 5.43. The van der Waals surface area contributed by atoms with Gasteiger partial charge in [0.2, 0.25) is 5.91 Å². The molecule has 0 unspecified atom stereocenters. The molecule has 0 aliphatic heterocycles. The Bertz CT molecular complexity index is 1020. The van der Waals surface area contributed by atoms with Crippen LogP contribution < -0.4 is 4.90 Å². The molecule has 0 aliphatic rings. The lowest BCUT2D eigenvalue weighted by atomic mass is 10.0. The maximum absolute atomic E-state index is 13.2. The van der Waals surface area contributed by atoms with Crippen LogP contribution in [0.15, 0.2) is 30.3 Å². The SMILES string of the molecule is Cc1ccc(CC(=O)N(CCN(C)C)c2nc3c(C)cc(Cl)cc3s2)c(C)c1.Cl. The fourth-order valence-electron chi connectivity index (χ4n) is 3.19. The monoisotopic (exact) mass is 451 g/mol. The second-order valence-electron chi connectivity index (χ2n) is 7.52. The van der Waals surface area contributed by atoms with E-state index in [2.05, 4.69) is 36.9 Å². The van der Waals surface area contributed by atoms with E-state index in [1.54, 1.807) is 0 Å². The highest BCUT2D eigenvalue weighted by molar-refractivity contribution is 7.22. The van der Waals surface area contributed by atoms with Crippen molar-refractivity contribution < 1.29 is 4.79 Å². The Morgan fingerprint density at radius 2 is 1.79 bits per heavy atom. The summed E-state index contributed by atoms with van der Waals surface area (Å²) in [6.07, 6.45) is 0.370. The van der Waals surface area contributed by atoms with Gasteiger partial charge in [-0.2, -0.15) is 0 Å². The van der Waals surface area contributed by atoms with Crippen LogP contribution in [0.2, 0.25) is 5.02 Å². The van der Waals surface area contributed by atoms with Crippen LogP contribution in [0, 0.1) is 20.8 Å². The molecular formula is C22H27Cl2N3OS. The molecule has 0 saturated carbocycles. The standard InChI is InChI=1S/C22H26ClN3OS.ClH/c1-14-6-7-17(15(2)10-14)12-20(27)26(9-8-25(4)5)22-24-21-16(3)11-18(23)13-19(21)28-22;/h6-7,10-11,13H,8-9,12H2,1-5H3;1H. The van der Waals surface area contributed by atoms with Gasteiger partial charge in [-0.25, -0.2) is 4.98 Å². The number of benzene rings is 2. The van der Waals surface area contributed by atoms with Crippen molar-refractivity contribution in [1.29, 1.82) is 0 Å². The maximum atomic E-state index is 13.2. The molecule has 0 bridgehead atoms. The van der Waals surface area contributed by atoms with E-state index in [1.807, 2.05) is 38.1 Å². The highest BCUT2D eigenvalue weighted by atomic mass is 35.5. The van der Waals surface area contributed by atoms with E-state index in [0.717, 1.165) is 38.6 Å². The first-order valence-corrected chi connectivity index (χ1v) is 10.5. The Morgan fingerprint density at radius 1 is 1.07 bits per heavy atom. The molecule has 3 rings (SSSR count). The normalized spacial score (nSPS) is 11.0. The molecule has 3 aromatic rings. The summed E-state index contributed by atoms with van der Waals surface area (Å²) in [6, 6.07) is 10.1. The zero-order valence-electron chi connectivity index (χ0n) is 17.5. The third-order valence-electron chi connectivity index (χ3n) is 4.78.